The number of ether oxygens (including phenoxy) is 1. The standard InChI is InChI=1S/C25H21ClF2N4O5S2/c1-13-17(23-18-7-15(26)3-5-20(18)25(27,28)11-36-23)8-21(38-13)22(33)19-9-30-12-31-24(19)32-16-4-2-14(6-16)10-37-39(29,34)35/h3,5,7-10,12,23H,2,4,6,11H2,1H3,(H2,29,34,35)/b14-10+,32-16?. The summed E-state index contributed by atoms with van der Waals surface area (Å²) in [7, 11) is -4.10. The molecule has 1 saturated carbocycles. The first-order valence-electron chi connectivity index (χ1n) is 11.6. The highest BCUT2D eigenvalue weighted by molar-refractivity contribution is 7.84. The number of nitrogens with two attached hydrogens (primary N) is 1. The van der Waals surface area contributed by atoms with Crippen LogP contribution in [0.15, 0.2) is 53.6 Å². The van der Waals surface area contributed by atoms with E-state index < -0.39 is 28.9 Å². The second-order valence-electron chi connectivity index (χ2n) is 9.06. The van der Waals surface area contributed by atoms with Gasteiger partial charge in [-0.2, -0.15) is 22.3 Å². The van der Waals surface area contributed by atoms with E-state index in [4.69, 9.17) is 21.5 Å². The van der Waals surface area contributed by atoms with Crippen LogP contribution in [-0.4, -0.2) is 36.5 Å². The molecular formula is C25H21ClF2N4O5S2. The fraction of sp³-hybridized carbons (Fsp3) is 0.280. The molecule has 1 fully saturated rings. The van der Waals surface area contributed by atoms with E-state index in [9.17, 15) is 22.0 Å². The number of nitrogens with zero attached hydrogens (tertiary/aromatic N) is 3. The fourth-order valence-corrected chi connectivity index (χ4v) is 5.95. The van der Waals surface area contributed by atoms with Gasteiger partial charge in [-0.1, -0.05) is 17.7 Å². The molecule has 0 radical (unpaired) electrons. The van der Waals surface area contributed by atoms with Gasteiger partial charge in [0, 0.05) is 33.8 Å². The van der Waals surface area contributed by atoms with Crippen LogP contribution in [0.5, 0.6) is 0 Å². The molecule has 1 atom stereocenters. The zero-order valence-electron chi connectivity index (χ0n) is 20.4. The van der Waals surface area contributed by atoms with Gasteiger partial charge in [0.1, 0.15) is 25.3 Å². The minimum absolute atomic E-state index is 0.157. The van der Waals surface area contributed by atoms with Crippen LogP contribution in [0.3, 0.4) is 0 Å². The van der Waals surface area contributed by atoms with E-state index in [1.54, 1.807) is 13.0 Å². The maximum Gasteiger partial charge on any atom is 0.379 e. The Kier molecular flexibility index (Phi) is 7.37. The summed E-state index contributed by atoms with van der Waals surface area (Å²) in [4.78, 5) is 27.3. The van der Waals surface area contributed by atoms with Gasteiger partial charge in [0.2, 0.25) is 5.78 Å². The van der Waals surface area contributed by atoms with Gasteiger partial charge >= 0.3 is 10.3 Å². The van der Waals surface area contributed by atoms with Gasteiger partial charge in [-0.05, 0) is 54.7 Å². The molecule has 5 rings (SSSR count). The molecule has 3 aromatic rings. The first-order chi connectivity index (χ1) is 18.4. The third-order valence-electron chi connectivity index (χ3n) is 6.30. The molecule has 39 heavy (non-hydrogen) atoms. The molecule has 14 heteroatoms. The van der Waals surface area contributed by atoms with Crippen molar-refractivity contribution in [3.05, 3.63) is 85.7 Å². The highest BCUT2D eigenvalue weighted by Crippen LogP contribution is 2.46. The van der Waals surface area contributed by atoms with Crippen molar-refractivity contribution < 1.29 is 30.9 Å². The monoisotopic (exact) mass is 594 g/mol. The van der Waals surface area contributed by atoms with E-state index in [1.165, 1.54) is 42.1 Å². The van der Waals surface area contributed by atoms with E-state index >= 15 is 0 Å². The van der Waals surface area contributed by atoms with Crippen molar-refractivity contribution in [3.63, 3.8) is 0 Å². The molecule has 1 unspecified atom stereocenters. The molecule has 1 aliphatic heterocycles. The van der Waals surface area contributed by atoms with Crippen LogP contribution in [0.4, 0.5) is 14.6 Å². The van der Waals surface area contributed by atoms with Crippen LogP contribution >= 0.6 is 22.9 Å². The fourth-order valence-electron chi connectivity index (χ4n) is 4.49. The molecular weight excluding hydrogens is 574 g/mol. The molecule has 2 aromatic heterocycles. The minimum atomic E-state index is -4.10. The van der Waals surface area contributed by atoms with Crippen LogP contribution in [0.25, 0.3) is 0 Å². The van der Waals surface area contributed by atoms with E-state index in [2.05, 4.69) is 19.1 Å². The number of ketones is 1. The Hall–Kier alpha value is -3.10. The summed E-state index contributed by atoms with van der Waals surface area (Å²) < 4.78 is 61.2. The number of carbonyl (C=O) groups excluding carboxylic acids is 1. The largest absolute Gasteiger partial charge is 0.379 e. The molecule has 1 aliphatic carbocycles. The first-order valence-corrected chi connectivity index (χ1v) is 14.3. The summed E-state index contributed by atoms with van der Waals surface area (Å²) in [6, 6.07) is 5.82. The first kappa shape index (κ1) is 27.5. The van der Waals surface area contributed by atoms with Gasteiger partial charge in [-0.3, -0.25) is 4.79 Å². The van der Waals surface area contributed by atoms with Crippen molar-refractivity contribution in [2.24, 2.45) is 10.1 Å². The van der Waals surface area contributed by atoms with Crippen LogP contribution in [0, 0.1) is 6.92 Å². The molecule has 3 heterocycles. The summed E-state index contributed by atoms with van der Waals surface area (Å²) in [5.74, 6) is -3.38. The molecule has 1 aromatic carbocycles. The molecule has 0 saturated heterocycles. The Morgan fingerprint density at radius 2 is 2.10 bits per heavy atom. The van der Waals surface area contributed by atoms with Gasteiger partial charge in [0.25, 0.3) is 5.92 Å². The van der Waals surface area contributed by atoms with Crippen molar-refractivity contribution in [1.29, 1.82) is 0 Å². The Morgan fingerprint density at radius 3 is 2.87 bits per heavy atom. The lowest BCUT2D eigenvalue weighted by Gasteiger charge is -2.32. The van der Waals surface area contributed by atoms with E-state index in [0.717, 1.165) is 11.1 Å². The predicted octanol–water partition coefficient (Wildman–Crippen LogP) is 5.30. The smallest absolute Gasteiger partial charge is 0.379 e. The Balaban J connectivity index is 1.43. The van der Waals surface area contributed by atoms with Crippen molar-refractivity contribution in [2.45, 2.75) is 38.2 Å². The van der Waals surface area contributed by atoms with Crippen molar-refractivity contribution >= 4 is 50.6 Å². The summed E-state index contributed by atoms with van der Waals surface area (Å²) in [5, 5.41) is 5.16. The van der Waals surface area contributed by atoms with Gasteiger partial charge in [-0.25, -0.2) is 15.0 Å². The Labute approximate surface area is 231 Å². The molecule has 2 N–H and O–H groups in total. The number of thiophene rings is 1. The number of benzene rings is 1. The number of fused-ring (bicyclic) bond motifs is 1. The molecule has 2 aliphatic rings. The second kappa shape index (κ2) is 10.5. The van der Waals surface area contributed by atoms with Gasteiger partial charge in [-0.15, -0.1) is 11.3 Å². The normalized spacial score (nSPS) is 20.8. The number of carbonyl (C=O) groups is 1. The third kappa shape index (κ3) is 5.92. The molecule has 0 spiro atoms. The van der Waals surface area contributed by atoms with Crippen LogP contribution in [0.1, 0.15) is 62.2 Å². The maximum absolute atomic E-state index is 14.5. The highest BCUT2D eigenvalue weighted by Gasteiger charge is 2.42. The number of alkyl halides is 2. The number of aliphatic imine (C=N–C) groups is 1. The predicted molar refractivity (Wildman–Crippen MR) is 141 cm³/mol. The number of aryl methyl sites for hydroxylation is 1. The van der Waals surface area contributed by atoms with Crippen LogP contribution in [0.2, 0.25) is 5.02 Å². The third-order valence-corrected chi connectivity index (χ3v) is 7.96. The molecule has 0 amide bonds. The van der Waals surface area contributed by atoms with Gasteiger partial charge in [0.15, 0.2) is 5.82 Å². The van der Waals surface area contributed by atoms with Gasteiger partial charge < -0.3 is 8.92 Å². The SMILES string of the molecule is Cc1sc(C(=O)c2cncnc2N=C2CC/C(=C\OS(N)(=O)=O)C2)cc1C1OCC(F)(F)c2ccc(Cl)cc21. The lowest BCUT2D eigenvalue weighted by molar-refractivity contribution is -0.115. The lowest BCUT2D eigenvalue weighted by atomic mass is 9.91. The summed E-state index contributed by atoms with van der Waals surface area (Å²) in [6.07, 6.45) is 4.29. The van der Waals surface area contributed by atoms with Gasteiger partial charge in [0.05, 0.1) is 10.4 Å². The molecule has 0 bridgehead atoms. The number of aromatic nitrogens is 2. The quantitative estimate of drug-likeness (QED) is 0.302. The van der Waals surface area contributed by atoms with Crippen LogP contribution in [-0.2, 0) is 25.1 Å². The minimum Gasteiger partial charge on any atom is -0.379 e. The maximum atomic E-state index is 14.5. The number of allylic oxidation sites excluding steroid dienone is 1. The molecule has 204 valence electrons. The lowest BCUT2D eigenvalue weighted by Crippen LogP contribution is -2.31. The van der Waals surface area contributed by atoms with Crippen LogP contribution < -0.4 is 5.14 Å². The zero-order valence-corrected chi connectivity index (χ0v) is 22.7. The van der Waals surface area contributed by atoms with Crippen molar-refractivity contribution in [3.8, 4) is 0 Å². The second-order valence-corrected chi connectivity index (χ2v) is 11.9. The van der Waals surface area contributed by atoms with Crippen molar-refractivity contribution in [2.75, 3.05) is 6.61 Å². The average molecular weight is 595 g/mol. The Morgan fingerprint density at radius 1 is 1.31 bits per heavy atom. The zero-order chi connectivity index (χ0) is 27.9. The number of hydrogen-bond donors (Lipinski definition) is 1. The topological polar surface area (TPSA) is 134 Å². The summed E-state index contributed by atoms with van der Waals surface area (Å²) >= 11 is 7.31. The highest BCUT2D eigenvalue weighted by atomic mass is 35.5. The molecule has 9 nitrogen and oxygen atoms in total. The number of halogens is 3. The summed E-state index contributed by atoms with van der Waals surface area (Å²) in [6.45, 7) is 0.994. The van der Waals surface area contributed by atoms with E-state index in [-0.39, 0.29) is 28.3 Å². The average Bonchev–Trinajstić information content (AvgIpc) is 3.48. The van der Waals surface area contributed by atoms with Crippen molar-refractivity contribution in [1.82, 2.24) is 9.97 Å². The van der Waals surface area contributed by atoms with E-state index in [1.807, 2.05) is 0 Å². The number of rotatable bonds is 6. The van der Waals surface area contributed by atoms with E-state index in [0.29, 0.717) is 46.0 Å². The Bertz CT molecular complexity index is 1640. The summed E-state index contributed by atoms with van der Waals surface area (Å²) in [5.41, 5.74) is 2.21. The number of hydrogen-bond acceptors (Lipinski definition) is 9.